The Balaban J connectivity index is 1.82. The summed E-state index contributed by atoms with van der Waals surface area (Å²) in [5, 5.41) is 7.84. The number of aromatic nitrogens is 2. The molecule has 0 saturated carbocycles. The number of thiazole rings is 1. The lowest BCUT2D eigenvalue weighted by atomic mass is 10.2. The molecule has 0 radical (unpaired) electrons. The Hall–Kier alpha value is -2.15. The van der Waals surface area contributed by atoms with Gasteiger partial charge in [0.2, 0.25) is 0 Å². The van der Waals surface area contributed by atoms with Crippen molar-refractivity contribution in [2.45, 2.75) is 26.3 Å². The molecular weight excluding hydrogens is 320 g/mol. The van der Waals surface area contributed by atoms with Crippen molar-refractivity contribution in [1.29, 1.82) is 0 Å². The zero-order valence-electron chi connectivity index (χ0n) is 14.8. The van der Waals surface area contributed by atoms with E-state index in [0.717, 1.165) is 41.7 Å². The van der Waals surface area contributed by atoms with E-state index in [1.54, 1.807) is 18.4 Å². The van der Waals surface area contributed by atoms with Gasteiger partial charge >= 0.3 is 0 Å². The number of rotatable bonds is 7. The SMILES string of the molecule is CCc1cnc(CCNC(=NC)NCc2cccnc2N(C)C)s1. The van der Waals surface area contributed by atoms with Crippen LogP contribution in [0.25, 0.3) is 0 Å². The molecule has 0 aliphatic heterocycles. The highest BCUT2D eigenvalue weighted by Gasteiger charge is 2.06. The summed E-state index contributed by atoms with van der Waals surface area (Å²) in [6.07, 6.45) is 5.73. The van der Waals surface area contributed by atoms with Gasteiger partial charge in [-0.25, -0.2) is 9.97 Å². The molecule has 0 amide bonds. The lowest BCUT2D eigenvalue weighted by Crippen LogP contribution is -2.38. The van der Waals surface area contributed by atoms with Crippen molar-refractivity contribution in [3.8, 4) is 0 Å². The van der Waals surface area contributed by atoms with Gasteiger partial charge in [0.25, 0.3) is 0 Å². The second-order valence-corrected chi connectivity index (χ2v) is 6.76. The van der Waals surface area contributed by atoms with Gasteiger partial charge in [-0.2, -0.15) is 0 Å². The molecule has 0 aliphatic rings. The maximum atomic E-state index is 4.44. The van der Waals surface area contributed by atoms with Crippen LogP contribution in [0.2, 0.25) is 0 Å². The lowest BCUT2D eigenvalue weighted by molar-refractivity contribution is 0.788. The molecule has 6 nitrogen and oxygen atoms in total. The molecule has 7 heteroatoms. The van der Waals surface area contributed by atoms with Crippen LogP contribution in [0.15, 0.2) is 29.5 Å². The molecule has 2 aromatic rings. The molecule has 2 N–H and O–H groups in total. The first-order chi connectivity index (χ1) is 11.6. The van der Waals surface area contributed by atoms with Gasteiger partial charge in [0.1, 0.15) is 5.82 Å². The molecule has 2 rings (SSSR count). The zero-order chi connectivity index (χ0) is 17.4. The fourth-order valence-corrected chi connectivity index (χ4v) is 3.15. The monoisotopic (exact) mass is 346 g/mol. The third kappa shape index (κ3) is 5.19. The largest absolute Gasteiger partial charge is 0.362 e. The number of pyridine rings is 1. The molecule has 0 unspecified atom stereocenters. The van der Waals surface area contributed by atoms with Gasteiger partial charge in [0, 0.05) is 63.5 Å². The Morgan fingerprint density at radius 3 is 2.79 bits per heavy atom. The molecule has 0 aliphatic carbocycles. The third-order valence-electron chi connectivity index (χ3n) is 3.54. The van der Waals surface area contributed by atoms with E-state index in [1.165, 1.54) is 4.88 Å². The van der Waals surface area contributed by atoms with Gasteiger partial charge in [0.15, 0.2) is 5.96 Å². The van der Waals surface area contributed by atoms with Crippen LogP contribution >= 0.6 is 11.3 Å². The standard InChI is InChI=1S/C17H26N6S/c1-5-14-12-21-15(24-14)8-10-20-17(18-2)22-11-13-7-6-9-19-16(13)23(3)4/h6-7,9,12H,5,8,10-11H2,1-4H3,(H2,18,20,22). The fraction of sp³-hybridized carbons (Fsp3) is 0.471. The Kier molecular flexibility index (Phi) is 6.99. The molecular formula is C17H26N6S. The summed E-state index contributed by atoms with van der Waals surface area (Å²) < 4.78 is 0. The number of hydrogen-bond donors (Lipinski definition) is 2. The molecule has 0 spiro atoms. The van der Waals surface area contributed by atoms with Crippen molar-refractivity contribution in [3.05, 3.63) is 40.0 Å². The quantitative estimate of drug-likeness (QED) is 0.593. The highest BCUT2D eigenvalue weighted by molar-refractivity contribution is 7.11. The van der Waals surface area contributed by atoms with Gasteiger partial charge in [-0.05, 0) is 12.5 Å². The lowest BCUT2D eigenvalue weighted by Gasteiger charge is -2.17. The highest BCUT2D eigenvalue weighted by atomic mass is 32.1. The Bertz CT molecular complexity index is 665. The second kappa shape index (κ2) is 9.22. The topological polar surface area (TPSA) is 65.4 Å². The van der Waals surface area contributed by atoms with E-state index in [1.807, 2.05) is 37.5 Å². The summed E-state index contributed by atoms with van der Waals surface area (Å²) in [5.41, 5.74) is 1.14. The van der Waals surface area contributed by atoms with Crippen LogP contribution in [-0.4, -0.2) is 43.6 Å². The molecule has 24 heavy (non-hydrogen) atoms. The Labute approximate surface area is 148 Å². The van der Waals surface area contributed by atoms with Crippen LogP contribution in [-0.2, 0) is 19.4 Å². The summed E-state index contributed by atoms with van der Waals surface area (Å²) in [6.45, 7) is 3.64. The average Bonchev–Trinajstić information content (AvgIpc) is 3.06. The van der Waals surface area contributed by atoms with Gasteiger partial charge in [0.05, 0.1) is 5.01 Å². The number of nitrogens with one attached hydrogen (secondary N) is 2. The van der Waals surface area contributed by atoms with E-state index in [0.29, 0.717) is 6.54 Å². The van der Waals surface area contributed by atoms with Crippen LogP contribution in [0.3, 0.4) is 0 Å². The van der Waals surface area contributed by atoms with Gasteiger partial charge in [-0.3, -0.25) is 4.99 Å². The number of anilines is 1. The molecule has 2 heterocycles. The van der Waals surface area contributed by atoms with E-state index in [4.69, 9.17) is 0 Å². The van der Waals surface area contributed by atoms with Crippen LogP contribution < -0.4 is 15.5 Å². The molecule has 0 fully saturated rings. The Morgan fingerprint density at radius 2 is 2.12 bits per heavy atom. The summed E-state index contributed by atoms with van der Waals surface area (Å²) in [6, 6.07) is 4.03. The predicted molar refractivity (Wildman–Crippen MR) is 102 cm³/mol. The van der Waals surface area contributed by atoms with Crippen LogP contribution in [0.1, 0.15) is 22.4 Å². The van der Waals surface area contributed by atoms with Crippen LogP contribution in [0.4, 0.5) is 5.82 Å². The van der Waals surface area contributed by atoms with E-state index in [-0.39, 0.29) is 0 Å². The van der Waals surface area contributed by atoms with Gasteiger partial charge in [-0.15, -0.1) is 11.3 Å². The van der Waals surface area contributed by atoms with Crippen molar-refractivity contribution in [2.75, 3.05) is 32.6 Å². The van der Waals surface area contributed by atoms with Crippen molar-refractivity contribution in [3.63, 3.8) is 0 Å². The van der Waals surface area contributed by atoms with Gasteiger partial charge < -0.3 is 15.5 Å². The highest BCUT2D eigenvalue weighted by Crippen LogP contribution is 2.14. The van der Waals surface area contributed by atoms with Crippen LogP contribution in [0, 0.1) is 0 Å². The Morgan fingerprint density at radius 1 is 1.29 bits per heavy atom. The third-order valence-corrected chi connectivity index (χ3v) is 4.74. The first kappa shape index (κ1) is 18.2. The molecule has 0 saturated heterocycles. The number of nitrogens with zero attached hydrogens (tertiary/aromatic N) is 4. The van der Waals surface area contributed by atoms with E-state index in [9.17, 15) is 0 Å². The minimum absolute atomic E-state index is 0.679. The molecule has 130 valence electrons. The van der Waals surface area contributed by atoms with Gasteiger partial charge in [-0.1, -0.05) is 13.0 Å². The smallest absolute Gasteiger partial charge is 0.191 e. The van der Waals surface area contributed by atoms with Crippen molar-refractivity contribution >= 4 is 23.1 Å². The van der Waals surface area contributed by atoms with E-state index >= 15 is 0 Å². The van der Waals surface area contributed by atoms with Crippen molar-refractivity contribution < 1.29 is 0 Å². The maximum Gasteiger partial charge on any atom is 0.191 e. The summed E-state index contributed by atoms with van der Waals surface area (Å²) >= 11 is 1.78. The minimum Gasteiger partial charge on any atom is -0.362 e. The number of hydrogen-bond acceptors (Lipinski definition) is 5. The predicted octanol–water partition coefficient (Wildman–Crippen LogP) is 2.07. The summed E-state index contributed by atoms with van der Waals surface area (Å²) in [4.78, 5) is 16.5. The number of aliphatic imine (C=N–C) groups is 1. The van der Waals surface area contributed by atoms with Crippen molar-refractivity contribution in [2.24, 2.45) is 4.99 Å². The number of aryl methyl sites for hydroxylation is 1. The summed E-state index contributed by atoms with van der Waals surface area (Å²) in [5.74, 6) is 1.76. The fourth-order valence-electron chi connectivity index (χ4n) is 2.29. The van der Waals surface area contributed by atoms with E-state index in [2.05, 4.69) is 38.6 Å². The number of guanidine groups is 1. The van der Waals surface area contributed by atoms with Crippen LogP contribution in [0.5, 0.6) is 0 Å². The van der Waals surface area contributed by atoms with E-state index < -0.39 is 0 Å². The zero-order valence-corrected chi connectivity index (χ0v) is 15.7. The maximum absolute atomic E-state index is 4.44. The molecule has 0 bridgehead atoms. The first-order valence-corrected chi connectivity index (χ1v) is 8.95. The molecule has 0 atom stereocenters. The normalized spacial score (nSPS) is 11.4. The first-order valence-electron chi connectivity index (χ1n) is 8.13. The molecule has 2 aromatic heterocycles. The molecule has 0 aromatic carbocycles. The van der Waals surface area contributed by atoms with Crippen molar-refractivity contribution in [1.82, 2.24) is 20.6 Å². The summed E-state index contributed by atoms with van der Waals surface area (Å²) in [7, 11) is 5.78. The second-order valence-electron chi connectivity index (χ2n) is 5.56. The average molecular weight is 347 g/mol. The minimum atomic E-state index is 0.679.